The monoisotopic (exact) mass is 234 g/mol. The Hall–Kier alpha value is -1.35. The first-order chi connectivity index (χ1) is 7.81. The van der Waals surface area contributed by atoms with Gasteiger partial charge in [0.15, 0.2) is 5.82 Å². The van der Waals surface area contributed by atoms with Crippen LogP contribution in [0.3, 0.4) is 0 Å². The second kappa shape index (κ2) is 3.59. The van der Waals surface area contributed by atoms with E-state index in [1.165, 1.54) is 18.4 Å². The molecule has 1 saturated carbocycles. The number of halogens is 1. The van der Waals surface area contributed by atoms with Crippen molar-refractivity contribution < 1.29 is 4.52 Å². The smallest absolute Gasteiger partial charge is 0.213 e. The molecule has 4 heteroatoms. The molecule has 0 spiro atoms. The van der Waals surface area contributed by atoms with Crippen LogP contribution in [0.4, 0.5) is 0 Å². The Bertz CT molecular complexity index is 474. The van der Waals surface area contributed by atoms with Crippen LogP contribution < -0.4 is 0 Å². The second-order valence-electron chi connectivity index (χ2n) is 4.20. The molecule has 1 heterocycles. The molecule has 2 aromatic rings. The molecule has 0 saturated heterocycles. The number of nitrogens with zero attached hydrogens (tertiary/aromatic N) is 2. The topological polar surface area (TPSA) is 38.9 Å². The maximum atomic E-state index is 5.90. The molecule has 1 aliphatic carbocycles. The van der Waals surface area contributed by atoms with Gasteiger partial charge < -0.3 is 4.52 Å². The molecule has 3 rings (SSSR count). The van der Waals surface area contributed by atoms with Crippen LogP contribution in [0, 0.1) is 0 Å². The van der Waals surface area contributed by atoms with E-state index in [-0.39, 0.29) is 5.41 Å². The summed E-state index contributed by atoms with van der Waals surface area (Å²) in [6.45, 7) is 0. The second-order valence-corrected chi connectivity index (χ2v) is 4.63. The maximum Gasteiger partial charge on any atom is 0.213 e. The maximum absolute atomic E-state index is 5.90. The number of aromatic nitrogens is 2. The summed E-state index contributed by atoms with van der Waals surface area (Å²) in [7, 11) is 0. The van der Waals surface area contributed by atoms with Crippen LogP contribution in [-0.2, 0) is 5.41 Å². The third kappa shape index (κ3) is 1.35. The Balaban J connectivity index is 2.05. The van der Waals surface area contributed by atoms with Crippen molar-refractivity contribution in [2.75, 3.05) is 0 Å². The SMILES string of the molecule is Clc1ccc(C2(c3ncon3)CCC2)cc1. The molecule has 1 aliphatic rings. The summed E-state index contributed by atoms with van der Waals surface area (Å²) >= 11 is 5.90. The highest BCUT2D eigenvalue weighted by atomic mass is 35.5. The molecule has 82 valence electrons. The molecule has 1 aromatic carbocycles. The van der Waals surface area contributed by atoms with E-state index < -0.39 is 0 Å². The van der Waals surface area contributed by atoms with E-state index in [2.05, 4.69) is 22.3 Å². The zero-order valence-electron chi connectivity index (χ0n) is 8.69. The van der Waals surface area contributed by atoms with Crippen molar-refractivity contribution in [2.24, 2.45) is 0 Å². The lowest BCUT2D eigenvalue weighted by atomic mass is 9.64. The molecular formula is C12H11ClN2O. The van der Waals surface area contributed by atoms with Gasteiger partial charge in [0.25, 0.3) is 0 Å². The third-order valence-electron chi connectivity index (χ3n) is 3.39. The first kappa shape index (κ1) is 9.85. The average molecular weight is 235 g/mol. The highest BCUT2D eigenvalue weighted by Crippen LogP contribution is 2.47. The third-order valence-corrected chi connectivity index (χ3v) is 3.65. The summed E-state index contributed by atoms with van der Waals surface area (Å²) in [5, 5.41) is 4.75. The molecular weight excluding hydrogens is 224 g/mol. The van der Waals surface area contributed by atoms with Crippen molar-refractivity contribution in [3.8, 4) is 0 Å². The number of hydrogen-bond donors (Lipinski definition) is 0. The molecule has 16 heavy (non-hydrogen) atoms. The number of rotatable bonds is 2. The molecule has 1 fully saturated rings. The van der Waals surface area contributed by atoms with Gasteiger partial charge in [-0.25, -0.2) is 0 Å². The molecule has 0 bridgehead atoms. The van der Waals surface area contributed by atoms with E-state index in [0.29, 0.717) is 0 Å². The molecule has 1 aromatic heterocycles. The van der Waals surface area contributed by atoms with Crippen molar-refractivity contribution in [3.05, 3.63) is 47.1 Å². The minimum Gasteiger partial charge on any atom is -0.343 e. The average Bonchev–Trinajstić information content (AvgIpc) is 2.73. The van der Waals surface area contributed by atoms with Gasteiger partial charge in [-0.3, -0.25) is 0 Å². The highest BCUT2D eigenvalue weighted by molar-refractivity contribution is 6.30. The Kier molecular flexibility index (Phi) is 2.21. The van der Waals surface area contributed by atoms with Crippen LogP contribution in [0.15, 0.2) is 35.2 Å². The summed E-state index contributed by atoms with van der Waals surface area (Å²) < 4.78 is 4.85. The zero-order valence-corrected chi connectivity index (χ0v) is 9.44. The predicted molar refractivity (Wildman–Crippen MR) is 60.4 cm³/mol. The quantitative estimate of drug-likeness (QED) is 0.801. The van der Waals surface area contributed by atoms with Gasteiger partial charge in [0.1, 0.15) is 0 Å². The van der Waals surface area contributed by atoms with Crippen molar-refractivity contribution in [1.29, 1.82) is 0 Å². The minimum absolute atomic E-state index is 0.0441. The van der Waals surface area contributed by atoms with Crippen LogP contribution >= 0.6 is 11.6 Å². The van der Waals surface area contributed by atoms with Gasteiger partial charge in [-0.05, 0) is 30.5 Å². The number of hydrogen-bond acceptors (Lipinski definition) is 3. The van der Waals surface area contributed by atoms with Crippen LogP contribution in [0.1, 0.15) is 30.7 Å². The van der Waals surface area contributed by atoms with Gasteiger partial charge in [0, 0.05) is 5.02 Å². The van der Waals surface area contributed by atoms with Crippen LogP contribution in [0.2, 0.25) is 5.02 Å². The molecule has 0 N–H and O–H groups in total. The molecule has 0 radical (unpaired) electrons. The summed E-state index contributed by atoms with van der Waals surface area (Å²) in [4.78, 5) is 4.20. The predicted octanol–water partition coefficient (Wildman–Crippen LogP) is 3.19. The van der Waals surface area contributed by atoms with Crippen molar-refractivity contribution in [1.82, 2.24) is 10.1 Å². The van der Waals surface area contributed by atoms with E-state index in [1.807, 2.05) is 12.1 Å². The molecule has 3 nitrogen and oxygen atoms in total. The van der Waals surface area contributed by atoms with Gasteiger partial charge in [-0.15, -0.1) is 0 Å². The fourth-order valence-corrected chi connectivity index (χ4v) is 2.45. The lowest BCUT2D eigenvalue weighted by Crippen LogP contribution is -2.36. The summed E-state index contributed by atoms with van der Waals surface area (Å²) in [6.07, 6.45) is 4.75. The summed E-state index contributed by atoms with van der Waals surface area (Å²) in [5.41, 5.74) is 1.18. The zero-order chi connectivity index (χ0) is 11.0. The minimum atomic E-state index is -0.0441. The Morgan fingerprint density at radius 1 is 1.19 bits per heavy atom. The van der Waals surface area contributed by atoms with Gasteiger partial charge in [0.2, 0.25) is 6.39 Å². The van der Waals surface area contributed by atoms with E-state index in [0.717, 1.165) is 23.7 Å². The van der Waals surface area contributed by atoms with E-state index in [1.54, 1.807) is 0 Å². The largest absolute Gasteiger partial charge is 0.343 e. The molecule has 0 amide bonds. The lowest BCUT2D eigenvalue weighted by Gasteiger charge is -2.39. The first-order valence-corrected chi connectivity index (χ1v) is 5.72. The Morgan fingerprint density at radius 3 is 2.44 bits per heavy atom. The normalized spacial score (nSPS) is 18.1. The van der Waals surface area contributed by atoms with Crippen LogP contribution in [0.5, 0.6) is 0 Å². The van der Waals surface area contributed by atoms with E-state index in [4.69, 9.17) is 16.1 Å². The fraction of sp³-hybridized carbons (Fsp3) is 0.333. The van der Waals surface area contributed by atoms with E-state index in [9.17, 15) is 0 Å². The van der Waals surface area contributed by atoms with E-state index >= 15 is 0 Å². The van der Waals surface area contributed by atoms with Gasteiger partial charge >= 0.3 is 0 Å². The summed E-state index contributed by atoms with van der Waals surface area (Å²) in [5.74, 6) is 0.793. The Morgan fingerprint density at radius 2 is 1.94 bits per heavy atom. The van der Waals surface area contributed by atoms with Crippen LogP contribution in [-0.4, -0.2) is 10.1 Å². The summed E-state index contributed by atoms with van der Waals surface area (Å²) in [6, 6.07) is 7.93. The van der Waals surface area contributed by atoms with Gasteiger partial charge in [-0.2, -0.15) is 4.98 Å². The molecule has 0 atom stereocenters. The van der Waals surface area contributed by atoms with Gasteiger partial charge in [0.05, 0.1) is 5.41 Å². The lowest BCUT2D eigenvalue weighted by molar-refractivity contribution is 0.272. The first-order valence-electron chi connectivity index (χ1n) is 5.34. The highest BCUT2D eigenvalue weighted by Gasteiger charge is 2.43. The molecule has 0 unspecified atom stereocenters. The van der Waals surface area contributed by atoms with Crippen LogP contribution in [0.25, 0.3) is 0 Å². The fourth-order valence-electron chi connectivity index (χ4n) is 2.32. The van der Waals surface area contributed by atoms with Crippen molar-refractivity contribution in [2.45, 2.75) is 24.7 Å². The molecule has 0 aliphatic heterocycles. The standard InChI is InChI=1S/C12H11ClN2O/c13-10-4-2-9(3-5-10)12(6-1-7-12)11-14-8-16-15-11/h2-5,8H,1,6-7H2. The van der Waals surface area contributed by atoms with Crippen molar-refractivity contribution in [3.63, 3.8) is 0 Å². The Labute approximate surface area is 98.4 Å². The van der Waals surface area contributed by atoms with Gasteiger partial charge in [-0.1, -0.05) is 35.3 Å². The number of benzene rings is 1. The van der Waals surface area contributed by atoms with Crippen molar-refractivity contribution >= 4 is 11.6 Å².